The van der Waals surface area contributed by atoms with Gasteiger partial charge in [0, 0.05) is 0 Å². The van der Waals surface area contributed by atoms with Gasteiger partial charge >= 0.3 is 0 Å². The molecule has 0 spiro atoms. The van der Waals surface area contributed by atoms with Crippen LogP contribution >= 0.6 is 0 Å². The van der Waals surface area contributed by atoms with E-state index in [4.69, 9.17) is 0 Å². The minimum Gasteiger partial charge on any atom is -0.508 e. The Hall–Kier alpha value is -3.41. The quantitative estimate of drug-likeness (QED) is 0.506. The largest absolute Gasteiger partial charge is 0.508 e. The van der Waals surface area contributed by atoms with Crippen molar-refractivity contribution < 1.29 is 19.8 Å². The van der Waals surface area contributed by atoms with Crippen molar-refractivity contribution in [2.24, 2.45) is 5.10 Å². The van der Waals surface area contributed by atoms with Gasteiger partial charge < -0.3 is 10.2 Å². The number of phenols is 1. The van der Waals surface area contributed by atoms with Crippen LogP contribution in [0.2, 0.25) is 0 Å². The lowest BCUT2D eigenvalue weighted by Gasteiger charge is -2.11. The van der Waals surface area contributed by atoms with Gasteiger partial charge in [0.15, 0.2) is 0 Å². The topological polar surface area (TPSA) is 90.2 Å². The van der Waals surface area contributed by atoms with Crippen LogP contribution in [0.15, 0.2) is 71.6 Å². The van der Waals surface area contributed by atoms with Gasteiger partial charge in [0.2, 0.25) is 0 Å². The summed E-state index contributed by atoms with van der Waals surface area (Å²) in [6.07, 6.45) is 4.08. The van der Waals surface area contributed by atoms with Gasteiger partial charge in [-0.3, -0.25) is 9.59 Å². The molecule has 6 nitrogen and oxygen atoms in total. The molecule has 1 heterocycles. The number of aliphatic hydroxyl groups excluding tert-OH is 1. The Morgan fingerprint density at radius 1 is 1.38 bits per heavy atom. The van der Waals surface area contributed by atoms with Crippen LogP contribution in [0.25, 0.3) is 6.08 Å². The maximum atomic E-state index is 12.5. The molecule has 0 saturated carbocycles. The van der Waals surface area contributed by atoms with E-state index in [1.54, 1.807) is 19.1 Å². The number of hydrazone groups is 1. The van der Waals surface area contributed by atoms with Gasteiger partial charge in [-0.15, -0.1) is 0 Å². The molecule has 1 aromatic carbocycles. The molecule has 2 rings (SSSR count). The molecule has 0 atom stereocenters. The van der Waals surface area contributed by atoms with Gasteiger partial charge in [-0.2, -0.15) is 10.1 Å². The maximum Gasteiger partial charge on any atom is 0.285 e. The highest BCUT2D eigenvalue weighted by atomic mass is 16.3. The SMILES string of the molecule is C=C/C=C(\C(=C)O)C(=O)N1N=C(C)/C(=C\c2cccc(O)c2)C1=O. The average Bonchev–Trinajstić information content (AvgIpc) is 2.80. The minimum absolute atomic E-state index is 0.0603. The second kappa shape index (κ2) is 6.78. The molecule has 0 bridgehead atoms. The summed E-state index contributed by atoms with van der Waals surface area (Å²) < 4.78 is 0. The number of hydrogen-bond donors (Lipinski definition) is 2. The smallest absolute Gasteiger partial charge is 0.285 e. The van der Waals surface area contributed by atoms with Crippen molar-refractivity contribution in [2.75, 3.05) is 0 Å². The molecule has 1 aliphatic heterocycles. The first kappa shape index (κ1) is 17.0. The van der Waals surface area contributed by atoms with E-state index < -0.39 is 17.6 Å². The number of carbonyl (C=O) groups excluding carboxylic acids is 2. The summed E-state index contributed by atoms with van der Waals surface area (Å²) in [5, 5.41) is 23.6. The van der Waals surface area contributed by atoms with Gasteiger partial charge in [-0.25, -0.2) is 0 Å². The number of aliphatic hydroxyl groups is 1. The Labute approximate surface area is 139 Å². The van der Waals surface area contributed by atoms with Crippen LogP contribution in [-0.4, -0.2) is 32.7 Å². The van der Waals surface area contributed by atoms with E-state index in [1.165, 1.54) is 30.4 Å². The van der Waals surface area contributed by atoms with Crippen LogP contribution in [0.3, 0.4) is 0 Å². The Morgan fingerprint density at radius 3 is 2.67 bits per heavy atom. The van der Waals surface area contributed by atoms with Crippen LogP contribution in [0, 0.1) is 0 Å². The Morgan fingerprint density at radius 2 is 2.08 bits per heavy atom. The first-order valence-electron chi connectivity index (χ1n) is 7.01. The molecule has 0 aliphatic carbocycles. The molecular weight excluding hydrogens is 308 g/mol. The highest BCUT2D eigenvalue weighted by Crippen LogP contribution is 2.22. The molecule has 0 saturated heterocycles. The van der Waals surface area contributed by atoms with Crippen molar-refractivity contribution in [3.63, 3.8) is 0 Å². The molecule has 0 radical (unpaired) electrons. The van der Waals surface area contributed by atoms with Crippen LogP contribution in [0.5, 0.6) is 5.75 Å². The van der Waals surface area contributed by atoms with E-state index >= 15 is 0 Å². The predicted octanol–water partition coefficient (Wildman–Crippen LogP) is 2.70. The number of allylic oxidation sites excluding steroid dienone is 2. The zero-order chi connectivity index (χ0) is 17.9. The van der Waals surface area contributed by atoms with Crippen molar-refractivity contribution in [1.82, 2.24) is 5.01 Å². The summed E-state index contributed by atoms with van der Waals surface area (Å²) in [5.74, 6) is -1.85. The second-order valence-electron chi connectivity index (χ2n) is 5.02. The lowest BCUT2D eigenvalue weighted by atomic mass is 10.1. The summed E-state index contributed by atoms with van der Waals surface area (Å²) in [6, 6.07) is 6.33. The van der Waals surface area contributed by atoms with Gasteiger partial charge in [0.25, 0.3) is 11.8 Å². The molecule has 0 aromatic heterocycles. The molecule has 2 N–H and O–H groups in total. The van der Waals surface area contributed by atoms with Crippen LogP contribution in [0.4, 0.5) is 0 Å². The fourth-order valence-corrected chi connectivity index (χ4v) is 2.13. The zero-order valence-electron chi connectivity index (χ0n) is 13.1. The maximum absolute atomic E-state index is 12.5. The number of rotatable bonds is 4. The van der Waals surface area contributed by atoms with Crippen molar-refractivity contribution >= 4 is 23.6 Å². The number of nitrogens with zero attached hydrogens (tertiary/aromatic N) is 2. The van der Waals surface area contributed by atoms with E-state index in [0.29, 0.717) is 16.3 Å². The highest BCUT2D eigenvalue weighted by molar-refractivity contribution is 6.30. The average molecular weight is 324 g/mol. The number of benzene rings is 1. The Balaban J connectivity index is 2.37. The van der Waals surface area contributed by atoms with Crippen LogP contribution in [-0.2, 0) is 9.59 Å². The number of amides is 2. The van der Waals surface area contributed by atoms with Crippen LogP contribution < -0.4 is 0 Å². The molecular formula is C18H16N2O4. The van der Waals surface area contributed by atoms with Crippen molar-refractivity contribution in [3.05, 3.63) is 72.0 Å². The van der Waals surface area contributed by atoms with E-state index in [2.05, 4.69) is 18.3 Å². The Kier molecular flexibility index (Phi) is 4.79. The van der Waals surface area contributed by atoms with Crippen molar-refractivity contribution in [1.29, 1.82) is 0 Å². The summed E-state index contributed by atoms with van der Waals surface area (Å²) in [7, 11) is 0. The minimum atomic E-state index is -0.800. The lowest BCUT2D eigenvalue weighted by Crippen LogP contribution is -2.31. The monoisotopic (exact) mass is 324 g/mol. The molecule has 1 aliphatic rings. The molecule has 1 aromatic rings. The first-order chi connectivity index (χ1) is 11.3. The lowest BCUT2D eigenvalue weighted by molar-refractivity contribution is -0.138. The molecule has 0 fully saturated rings. The number of carbonyl (C=O) groups is 2. The van der Waals surface area contributed by atoms with Crippen LogP contribution in [0.1, 0.15) is 12.5 Å². The number of hydrogen-bond acceptors (Lipinski definition) is 5. The van der Waals surface area contributed by atoms with Gasteiger partial charge in [-0.1, -0.05) is 31.4 Å². The fraction of sp³-hybridized carbons (Fsp3) is 0.0556. The van der Waals surface area contributed by atoms with Gasteiger partial charge in [0.1, 0.15) is 11.5 Å². The second-order valence-corrected chi connectivity index (χ2v) is 5.02. The van der Waals surface area contributed by atoms with Crippen molar-refractivity contribution in [2.45, 2.75) is 6.92 Å². The summed E-state index contributed by atoms with van der Waals surface area (Å²) in [6.45, 7) is 8.33. The van der Waals surface area contributed by atoms with E-state index in [-0.39, 0.29) is 16.9 Å². The van der Waals surface area contributed by atoms with Gasteiger partial charge in [0.05, 0.1) is 16.9 Å². The third-order valence-electron chi connectivity index (χ3n) is 3.26. The molecule has 0 unspecified atom stereocenters. The fourth-order valence-electron chi connectivity index (χ4n) is 2.13. The zero-order valence-corrected chi connectivity index (χ0v) is 13.1. The normalized spacial score (nSPS) is 16.3. The first-order valence-corrected chi connectivity index (χ1v) is 7.01. The van der Waals surface area contributed by atoms with E-state index in [1.807, 2.05) is 0 Å². The molecule has 6 heteroatoms. The summed E-state index contributed by atoms with van der Waals surface area (Å²) in [4.78, 5) is 24.9. The molecule has 122 valence electrons. The third-order valence-corrected chi connectivity index (χ3v) is 3.26. The van der Waals surface area contributed by atoms with E-state index in [0.717, 1.165) is 0 Å². The molecule has 2 amide bonds. The number of phenolic OH excluding ortho intramolecular Hbond substituents is 1. The third kappa shape index (κ3) is 3.33. The summed E-state index contributed by atoms with van der Waals surface area (Å²) in [5.41, 5.74) is 0.984. The predicted molar refractivity (Wildman–Crippen MR) is 91.1 cm³/mol. The van der Waals surface area contributed by atoms with Gasteiger partial charge in [-0.05, 0) is 36.8 Å². The van der Waals surface area contributed by atoms with Crippen molar-refractivity contribution in [3.8, 4) is 5.75 Å². The van der Waals surface area contributed by atoms with E-state index in [9.17, 15) is 19.8 Å². The highest BCUT2D eigenvalue weighted by Gasteiger charge is 2.34. The number of imide groups is 1. The standard InChI is InChI=1S/C18H16N2O4/c1-4-6-15(12(3)21)17(23)20-18(24)16(11(2)19-20)10-13-7-5-8-14(22)9-13/h4-10,21-22H,1,3H2,2H3/b15-6+,16-10+. The molecule has 24 heavy (non-hydrogen) atoms. The summed E-state index contributed by atoms with van der Waals surface area (Å²) >= 11 is 0. The number of aromatic hydroxyl groups is 1. The Bertz CT molecular complexity index is 831.